The van der Waals surface area contributed by atoms with Gasteiger partial charge in [-0.2, -0.15) is 0 Å². The molecule has 2 rings (SSSR count). The van der Waals surface area contributed by atoms with Crippen LogP contribution in [-0.4, -0.2) is 11.5 Å². The van der Waals surface area contributed by atoms with E-state index >= 15 is 0 Å². The van der Waals surface area contributed by atoms with Crippen molar-refractivity contribution in [1.29, 1.82) is 0 Å². The number of nitrogens with one attached hydrogen (secondary N) is 1. The van der Waals surface area contributed by atoms with Gasteiger partial charge in [-0.3, -0.25) is 4.98 Å². The molecule has 0 aromatic carbocycles. The Bertz CT molecular complexity index is 345. The lowest BCUT2D eigenvalue weighted by Gasteiger charge is -2.18. The highest BCUT2D eigenvalue weighted by molar-refractivity contribution is 5.32. The van der Waals surface area contributed by atoms with Gasteiger partial charge in [0.25, 0.3) is 0 Å². The van der Waals surface area contributed by atoms with Crippen molar-refractivity contribution in [3.63, 3.8) is 0 Å². The molecule has 2 nitrogen and oxygen atoms in total. The molecule has 0 saturated heterocycles. The Morgan fingerprint density at radius 2 is 2.12 bits per heavy atom. The van der Waals surface area contributed by atoms with Gasteiger partial charge in [0.2, 0.25) is 0 Å². The minimum atomic E-state index is 0.708. The van der Waals surface area contributed by atoms with E-state index in [1.54, 1.807) is 0 Å². The van der Waals surface area contributed by atoms with Gasteiger partial charge in [0.05, 0.1) is 5.69 Å². The number of hydrogen-bond donors (Lipinski definition) is 1. The molecule has 16 heavy (non-hydrogen) atoms. The fourth-order valence-electron chi connectivity index (χ4n) is 2.37. The first-order valence-corrected chi connectivity index (χ1v) is 6.43. The summed E-state index contributed by atoms with van der Waals surface area (Å²) in [4.78, 5) is 4.53. The van der Waals surface area contributed by atoms with Crippen LogP contribution in [0.5, 0.6) is 0 Å². The van der Waals surface area contributed by atoms with Crippen LogP contribution in [0, 0.1) is 5.92 Å². The molecule has 88 valence electrons. The van der Waals surface area contributed by atoms with E-state index in [1.807, 2.05) is 6.20 Å². The Hall–Kier alpha value is -0.890. The molecule has 0 atom stereocenters. The molecule has 0 saturated carbocycles. The zero-order valence-corrected chi connectivity index (χ0v) is 10.4. The molecule has 0 amide bonds. The third-order valence-electron chi connectivity index (χ3n) is 3.21. The van der Waals surface area contributed by atoms with Crippen molar-refractivity contribution >= 4 is 0 Å². The Balaban J connectivity index is 2.03. The number of aryl methyl sites for hydroxylation is 1. The Morgan fingerprint density at radius 1 is 1.31 bits per heavy atom. The summed E-state index contributed by atoms with van der Waals surface area (Å²) < 4.78 is 0. The van der Waals surface area contributed by atoms with Gasteiger partial charge in [-0.15, -0.1) is 0 Å². The maximum absolute atomic E-state index is 4.53. The smallest absolute Gasteiger partial charge is 0.0576 e. The van der Waals surface area contributed by atoms with Gasteiger partial charge in [0, 0.05) is 12.7 Å². The predicted molar refractivity (Wildman–Crippen MR) is 67.4 cm³/mol. The lowest BCUT2D eigenvalue weighted by atomic mass is 9.91. The molecule has 1 aromatic rings. The maximum atomic E-state index is 4.53. The van der Waals surface area contributed by atoms with Crippen molar-refractivity contribution in [3.05, 3.63) is 29.1 Å². The van der Waals surface area contributed by atoms with E-state index in [2.05, 4.69) is 30.2 Å². The topological polar surface area (TPSA) is 24.9 Å². The van der Waals surface area contributed by atoms with E-state index in [4.69, 9.17) is 0 Å². The summed E-state index contributed by atoms with van der Waals surface area (Å²) in [6.45, 7) is 6.48. The summed E-state index contributed by atoms with van der Waals surface area (Å²) in [6, 6.07) is 2.19. The van der Waals surface area contributed by atoms with Gasteiger partial charge in [-0.05, 0) is 55.3 Å². The van der Waals surface area contributed by atoms with Crippen molar-refractivity contribution in [2.24, 2.45) is 5.92 Å². The predicted octanol–water partition coefficient (Wildman–Crippen LogP) is 2.71. The van der Waals surface area contributed by atoms with Gasteiger partial charge >= 0.3 is 0 Å². The molecule has 0 bridgehead atoms. The van der Waals surface area contributed by atoms with E-state index in [9.17, 15) is 0 Å². The first-order chi connectivity index (χ1) is 7.77. The Labute approximate surface area is 98.5 Å². The number of pyridine rings is 1. The largest absolute Gasteiger partial charge is 0.311 e. The number of hydrogen-bond acceptors (Lipinski definition) is 2. The van der Waals surface area contributed by atoms with Crippen LogP contribution in [-0.2, 0) is 19.4 Å². The fraction of sp³-hybridized carbons (Fsp3) is 0.643. The third kappa shape index (κ3) is 2.82. The van der Waals surface area contributed by atoms with E-state index in [1.165, 1.54) is 42.5 Å². The van der Waals surface area contributed by atoms with Crippen LogP contribution >= 0.6 is 0 Å². The molecule has 0 radical (unpaired) electrons. The van der Waals surface area contributed by atoms with Crippen molar-refractivity contribution in [1.82, 2.24) is 10.3 Å². The monoisotopic (exact) mass is 218 g/mol. The summed E-state index contributed by atoms with van der Waals surface area (Å²) >= 11 is 0. The highest BCUT2D eigenvalue weighted by Crippen LogP contribution is 2.22. The number of rotatable bonds is 4. The van der Waals surface area contributed by atoms with Crippen molar-refractivity contribution < 1.29 is 0 Å². The van der Waals surface area contributed by atoms with Gasteiger partial charge in [0.1, 0.15) is 0 Å². The minimum absolute atomic E-state index is 0.708. The second-order valence-corrected chi connectivity index (χ2v) is 5.13. The molecule has 0 spiro atoms. The van der Waals surface area contributed by atoms with Crippen molar-refractivity contribution in [2.45, 2.75) is 46.1 Å². The molecule has 1 N–H and O–H groups in total. The minimum Gasteiger partial charge on any atom is -0.311 e. The maximum Gasteiger partial charge on any atom is 0.0576 e. The Kier molecular flexibility index (Phi) is 3.94. The van der Waals surface area contributed by atoms with Crippen molar-refractivity contribution in [3.8, 4) is 0 Å². The van der Waals surface area contributed by atoms with Gasteiger partial charge in [-0.25, -0.2) is 0 Å². The van der Waals surface area contributed by atoms with E-state index in [-0.39, 0.29) is 0 Å². The van der Waals surface area contributed by atoms with Crippen LogP contribution in [0.1, 0.15) is 43.5 Å². The first-order valence-electron chi connectivity index (χ1n) is 6.43. The fourth-order valence-corrected chi connectivity index (χ4v) is 2.37. The summed E-state index contributed by atoms with van der Waals surface area (Å²) in [6.07, 6.45) is 7.11. The number of fused-ring (bicyclic) bond motifs is 1. The van der Waals surface area contributed by atoms with E-state index in [0.717, 1.165) is 13.1 Å². The van der Waals surface area contributed by atoms with Crippen LogP contribution in [0.2, 0.25) is 0 Å². The van der Waals surface area contributed by atoms with E-state index in [0.29, 0.717) is 5.92 Å². The van der Waals surface area contributed by atoms with Crippen LogP contribution in [0.3, 0.4) is 0 Å². The summed E-state index contributed by atoms with van der Waals surface area (Å²) in [7, 11) is 0. The molecular weight excluding hydrogens is 196 g/mol. The van der Waals surface area contributed by atoms with Gasteiger partial charge in [-0.1, -0.05) is 13.8 Å². The van der Waals surface area contributed by atoms with Gasteiger partial charge < -0.3 is 5.32 Å². The SMILES string of the molecule is CC(C)CNCc1nccc2c1CCCC2. The zero-order chi connectivity index (χ0) is 11.4. The van der Waals surface area contributed by atoms with Crippen molar-refractivity contribution in [2.75, 3.05) is 6.54 Å². The molecule has 1 heterocycles. The van der Waals surface area contributed by atoms with E-state index < -0.39 is 0 Å². The molecule has 1 aromatic heterocycles. The van der Waals surface area contributed by atoms with Gasteiger partial charge in [0.15, 0.2) is 0 Å². The van der Waals surface area contributed by atoms with Crippen LogP contribution in [0.25, 0.3) is 0 Å². The summed E-state index contributed by atoms with van der Waals surface area (Å²) in [5.74, 6) is 0.708. The zero-order valence-electron chi connectivity index (χ0n) is 10.4. The third-order valence-corrected chi connectivity index (χ3v) is 3.21. The first kappa shape index (κ1) is 11.6. The van der Waals surface area contributed by atoms with Crippen LogP contribution in [0.4, 0.5) is 0 Å². The molecule has 2 heteroatoms. The lowest BCUT2D eigenvalue weighted by molar-refractivity contribution is 0.543. The molecule has 0 unspecified atom stereocenters. The highest BCUT2D eigenvalue weighted by Gasteiger charge is 2.13. The van der Waals surface area contributed by atoms with Crippen LogP contribution in [0.15, 0.2) is 12.3 Å². The molecule has 0 aliphatic heterocycles. The number of nitrogens with zero attached hydrogens (tertiary/aromatic N) is 1. The summed E-state index contributed by atoms with van der Waals surface area (Å²) in [5, 5.41) is 3.49. The summed E-state index contributed by atoms with van der Waals surface area (Å²) in [5.41, 5.74) is 4.32. The number of aromatic nitrogens is 1. The average Bonchev–Trinajstić information content (AvgIpc) is 2.29. The normalized spacial score (nSPS) is 15.2. The molecule has 1 aliphatic carbocycles. The molecular formula is C14H22N2. The second kappa shape index (κ2) is 5.44. The highest BCUT2D eigenvalue weighted by atomic mass is 14.9. The average molecular weight is 218 g/mol. The quantitative estimate of drug-likeness (QED) is 0.840. The standard InChI is InChI=1S/C14H22N2/c1-11(2)9-15-10-14-13-6-4-3-5-12(13)7-8-16-14/h7-8,11,15H,3-6,9-10H2,1-2H3. The molecule has 0 fully saturated rings. The molecule has 1 aliphatic rings. The lowest BCUT2D eigenvalue weighted by Crippen LogP contribution is -2.21. The Morgan fingerprint density at radius 3 is 2.94 bits per heavy atom. The van der Waals surface area contributed by atoms with Crippen LogP contribution < -0.4 is 5.32 Å². The second-order valence-electron chi connectivity index (χ2n) is 5.13.